The van der Waals surface area contributed by atoms with Crippen LogP contribution in [0.5, 0.6) is 5.75 Å². The zero-order valence-electron chi connectivity index (χ0n) is 9.60. The molecule has 1 aliphatic rings. The van der Waals surface area contributed by atoms with Gasteiger partial charge in [-0.05, 0) is 31.0 Å². The summed E-state index contributed by atoms with van der Waals surface area (Å²) < 4.78 is 0.693. The molecule has 0 radical (unpaired) electrons. The molecule has 1 saturated heterocycles. The maximum Gasteiger partial charge on any atom is 0.258 e. The molecule has 0 aliphatic carbocycles. The molecule has 1 aromatic rings. The number of phenols is 1. The Hall–Kier alpha value is -1.56. The van der Waals surface area contributed by atoms with Crippen molar-refractivity contribution >= 4 is 27.7 Å². The molecule has 6 heteroatoms. The van der Waals surface area contributed by atoms with Gasteiger partial charge in [-0.25, -0.2) is 0 Å². The van der Waals surface area contributed by atoms with E-state index in [0.717, 1.165) is 6.42 Å². The fourth-order valence-electron chi connectivity index (χ4n) is 2.14. The first-order valence-corrected chi connectivity index (χ1v) is 6.39. The first-order valence-electron chi connectivity index (χ1n) is 5.59. The second kappa shape index (κ2) is 4.97. The lowest BCUT2D eigenvalue weighted by molar-refractivity contribution is -0.121. The first-order chi connectivity index (χ1) is 8.50. The van der Waals surface area contributed by atoms with Crippen molar-refractivity contribution in [3.63, 3.8) is 0 Å². The Bertz CT molecular complexity index is 504. The van der Waals surface area contributed by atoms with E-state index >= 15 is 0 Å². The zero-order valence-corrected chi connectivity index (χ0v) is 11.2. The van der Waals surface area contributed by atoms with Crippen LogP contribution in [-0.2, 0) is 4.79 Å². The number of aromatic hydroxyl groups is 1. The Morgan fingerprint density at radius 2 is 2.17 bits per heavy atom. The highest BCUT2D eigenvalue weighted by Crippen LogP contribution is 2.26. The highest BCUT2D eigenvalue weighted by atomic mass is 79.9. The van der Waals surface area contributed by atoms with Gasteiger partial charge in [0.1, 0.15) is 11.8 Å². The smallest absolute Gasteiger partial charge is 0.258 e. The van der Waals surface area contributed by atoms with Crippen molar-refractivity contribution in [3.05, 3.63) is 28.2 Å². The van der Waals surface area contributed by atoms with Gasteiger partial charge in [0, 0.05) is 11.0 Å². The van der Waals surface area contributed by atoms with Crippen molar-refractivity contribution in [2.75, 3.05) is 6.54 Å². The molecule has 1 aliphatic heterocycles. The normalized spacial score (nSPS) is 18.9. The van der Waals surface area contributed by atoms with Gasteiger partial charge in [0.15, 0.2) is 0 Å². The van der Waals surface area contributed by atoms with Crippen LogP contribution in [0.25, 0.3) is 0 Å². The molecule has 1 atom stereocenters. The number of rotatable bonds is 2. The maximum absolute atomic E-state index is 12.3. The van der Waals surface area contributed by atoms with Crippen LogP contribution in [0.4, 0.5) is 0 Å². The second-order valence-electron chi connectivity index (χ2n) is 4.22. The van der Waals surface area contributed by atoms with Crippen LogP contribution in [0.1, 0.15) is 23.2 Å². The molecule has 1 unspecified atom stereocenters. The number of phenolic OH excluding ortho intramolecular Hbond substituents is 1. The third kappa shape index (κ3) is 2.33. The number of carbonyl (C=O) groups excluding carboxylic acids is 2. The summed E-state index contributed by atoms with van der Waals surface area (Å²) in [5, 5.41) is 9.71. The molecule has 1 heterocycles. The minimum atomic E-state index is -0.573. The molecule has 0 bridgehead atoms. The van der Waals surface area contributed by atoms with Gasteiger partial charge in [0.2, 0.25) is 5.91 Å². The fourth-order valence-corrected chi connectivity index (χ4v) is 2.50. The van der Waals surface area contributed by atoms with E-state index in [0.29, 0.717) is 17.4 Å². The number of likely N-dealkylation sites (tertiary alicyclic amines) is 1. The molecular formula is C12H13BrN2O3. The van der Waals surface area contributed by atoms with E-state index in [1.807, 2.05) is 0 Å². The van der Waals surface area contributed by atoms with E-state index in [2.05, 4.69) is 15.9 Å². The second-order valence-corrected chi connectivity index (χ2v) is 5.14. The molecule has 1 fully saturated rings. The topological polar surface area (TPSA) is 83.6 Å². The number of nitrogens with zero attached hydrogens (tertiary/aromatic N) is 1. The number of nitrogens with two attached hydrogens (primary N) is 1. The highest BCUT2D eigenvalue weighted by Gasteiger charge is 2.34. The SMILES string of the molecule is NC(=O)C1CCCN1C(=O)c1cc(Br)ccc1O. The predicted molar refractivity (Wildman–Crippen MR) is 69.1 cm³/mol. The molecule has 18 heavy (non-hydrogen) atoms. The van der Waals surface area contributed by atoms with Crippen LogP contribution >= 0.6 is 15.9 Å². The number of halogens is 1. The molecule has 96 valence electrons. The Kier molecular flexibility index (Phi) is 3.56. The maximum atomic E-state index is 12.3. The van der Waals surface area contributed by atoms with Crippen LogP contribution in [0.2, 0.25) is 0 Å². The predicted octanol–water partition coefficient (Wildman–Crippen LogP) is 1.24. The highest BCUT2D eigenvalue weighted by molar-refractivity contribution is 9.10. The summed E-state index contributed by atoms with van der Waals surface area (Å²) in [7, 11) is 0. The van der Waals surface area contributed by atoms with E-state index in [4.69, 9.17) is 5.73 Å². The standard InChI is InChI=1S/C12H13BrN2O3/c13-7-3-4-10(16)8(6-7)12(18)15-5-1-2-9(15)11(14)17/h3-4,6,9,16H,1-2,5H2,(H2,14,17). The van der Waals surface area contributed by atoms with Crippen LogP contribution in [0, 0.1) is 0 Å². The Morgan fingerprint density at radius 1 is 1.44 bits per heavy atom. The Labute approximate surface area is 113 Å². The lowest BCUT2D eigenvalue weighted by atomic mass is 10.1. The third-order valence-corrected chi connectivity index (χ3v) is 3.52. The molecular weight excluding hydrogens is 300 g/mol. The first kappa shape index (κ1) is 12.9. The van der Waals surface area contributed by atoms with Gasteiger partial charge in [-0.3, -0.25) is 9.59 Å². The quantitative estimate of drug-likeness (QED) is 0.862. The van der Waals surface area contributed by atoms with Crippen molar-refractivity contribution in [1.29, 1.82) is 0 Å². The lowest BCUT2D eigenvalue weighted by Gasteiger charge is -2.22. The van der Waals surface area contributed by atoms with Crippen molar-refractivity contribution < 1.29 is 14.7 Å². The monoisotopic (exact) mass is 312 g/mol. The van der Waals surface area contributed by atoms with Crippen LogP contribution in [0.15, 0.2) is 22.7 Å². The van der Waals surface area contributed by atoms with Gasteiger partial charge in [-0.2, -0.15) is 0 Å². The fraction of sp³-hybridized carbons (Fsp3) is 0.333. The number of carbonyl (C=O) groups is 2. The van der Waals surface area contributed by atoms with E-state index < -0.39 is 11.9 Å². The number of benzene rings is 1. The van der Waals surface area contributed by atoms with Crippen LogP contribution < -0.4 is 5.73 Å². The van der Waals surface area contributed by atoms with Crippen LogP contribution in [0.3, 0.4) is 0 Å². The third-order valence-electron chi connectivity index (χ3n) is 3.03. The van der Waals surface area contributed by atoms with E-state index in [1.165, 1.54) is 17.0 Å². The summed E-state index contributed by atoms with van der Waals surface area (Å²) in [5.41, 5.74) is 5.45. The molecule has 2 amide bonds. The number of hydrogen-bond donors (Lipinski definition) is 2. The Morgan fingerprint density at radius 3 is 2.83 bits per heavy atom. The van der Waals surface area contributed by atoms with Gasteiger partial charge in [-0.1, -0.05) is 15.9 Å². The summed E-state index contributed by atoms with van der Waals surface area (Å²) in [6, 6.07) is 4.04. The average molecular weight is 313 g/mol. The molecule has 3 N–H and O–H groups in total. The largest absolute Gasteiger partial charge is 0.507 e. The molecule has 0 aromatic heterocycles. The summed E-state index contributed by atoms with van der Waals surface area (Å²) in [6.07, 6.45) is 1.32. The van der Waals surface area contributed by atoms with Gasteiger partial charge in [0.05, 0.1) is 5.56 Å². The number of amides is 2. The summed E-state index contributed by atoms with van der Waals surface area (Å²) in [4.78, 5) is 24.9. The minimum Gasteiger partial charge on any atom is -0.507 e. The molecule has 2 rings (SSSR count). The van der Waals surface area contributed by atoms with Gasteiger partial charge in [-0.15, -0.1) is 0 Å². The van der Waals surface area contributed by atoms with E-state index in [-0.39, 0.29) is 17.2 Å². The van der Waals surface area contributed by atoms with Gasteiger partial charge < -0.3 is 15.7 Å². The van der Waals surface area contributed by atoms with Crippen molar-refractivity contribution in [1.82, 2.24) is 4.90 Å². The van der Waals surface area contributed by atoms with E-state index in [1.54, 1.807) is 6.07 Å². The molecule has 0 spiro atoms. The van der Waals surface area contributed by atoms with Gasteiger partial charge >= 0.3 is 0 Å². The lowest BCUT2D eigenvalue weighted by Crippen LogP contribution is -2.43. The molecule has 5 nitrogen and oxygen atoms in total. The Balaban J connectivity index is 2.31. The summed E-state index contributed by atoms with van der Waals surface area (Å²) >= 11 is 3.24. The number of hydrogen-bond acceptors (Lipinski definition) is 3. The number of primary amides is 1. The summed E-state index contributed by atoms with van der Waals surface area (Å²) in [5.74, 6) is -0.969. The zero-order chi connectivity index (χ0) is 13.3. The van der Waals surface area contributed by atoms with Crippen molar-refractivity contribution in [3.8, 4) is 5.75 Å². The average Bonchev–Trinajstić information content (AvgIpc) is 2.80. The minimum absolute atomic E-state index is 0.0988. The van der Waals surface area contributed by atoms with Crippen molar-refractivity contribution in [2.24, 2.45) is 5.73 Å². The van der Waals surface area contributed by atoms with Crippen LogP contribution in [-0.4, -0.2) is 34.4 Å². The molecule has 1 aromatic carbocycles. The van der Waals surface area contributed by atoms with Crippen molar-refractivity contribution in [2.45, 2.75) is 18.9 Å². The summed E-state index contributed by atoms with van der Waals surface area (Å²) in [6.45, 7) is 0.485. The van der Waals surface area contributed by atoms with Gasteiger partial charge in [0.25, 0.3) is 5.91 Å². The molecule has 0 saturated carbocycles. The van der Waals surface area contributed by atoms with E-state index in [9.17, 15) is 14.7 Å².